The van der Waals surface area contributed by atoms with Crippen LogP contribution in [0.3, 0.4) is 0 Å². The maximum absolute atomic E-state index is 12.1. The van der Waals surface area contributed by atoms with Crippen molar-refractivity contribution in [2.24, 2.45) is 0 Å². The minimum atomic E-state index is -1.02. The van der Waals surface area contributed by atoms with Crippen molar-refractivity contribution >= 4 is 11.9 Å². The molecule has 1 atom stereocenters. The molecule has 1 rings (SSSR count). The van der Waals surface area contributed by atoms with Crippen LogP contribution in [0, 0.1) is 0 Å². The first kappa shape index (κ1) is 18.0. The number of unbranched alkanes of at least 4 members (excludes halogenated alkanes) is 3. The topological polar surface area (TPSA) is 95.9 Å². The number of aliphatic hydroxyl groups is 1. The van der Waals surface area contributed by atoms with Crippen LogP contribution in [0.4, 0.5) is 0 Å². The van der Waals surface area contributed by atoms with Gasteiger partial charge in [0.1, 0.15) is 11.8 Å². The van der Waals surface area contributed by atoms with Crippen LogP contribution in [-0.4, -0.2) is 34.9 Å². The average molecular weight is 309 g/mol. The van der Waals surface area contributed by atoms with Crippen LogP contribution in [0.5, 0.6) is 5.75 Å². The van der Waals surface area contributed by atoms with Crippen molar-refractivity contribution in [1.29, 1.82) is 0 Å². The predicted molar refractivity (Wildman–Crippen MR) is 81.8 cm³/mol. The second-order valence-corrected chi connectivity index (χ2v) is 5.01. The molecular weight excluding hydrogens is 286 g/mol. The van der Waals surface area contributed by atoms with Crippen molar-refractivity contribution in [2.45, 2.75) is 45.1 Å². The number of amides is 1. The van der Waals surface area contributed by atoms with E-state index < -0.39 is 24.7 Å². The summed E-state index contributed by atoms with van der Waals surface area (Å²) < 4.78 is 4.87. The molecule has 6 nitrogen and oxygen atoms in total. The van der Waals surface area contributed by atoms with Gasteiger partial charge in [-0.2, -0.15) is 0 Å². The van der Waals surface area contributed by atoms with E-state index >= 15 is 0 Å². The third-order valence-electron chi connectivity index (χ3n) is 3.30. The molecule has 0 saturated carbocycles. The number of carbonyl (C=O) groups is 2. The van der Waals surface area contributed by atoms with E-state index in [1.807, 2.05) is 0 Å². The highest BCUT2D eigenvalue weighted by Gasteiger charge is 2.20. The molecule has 0 aliphatic carbocycles. The van der Waals surface area contributed by atoms with Crippen LogP contribution in [0.25, 0.3) is 0 Å². The second-order valence-electron chi connectivity index (χ2n) is 5.01. The molecule has 0 bridgehead atoms. The number of ether oxygens (including phenoxy) is 1. The molecule has 0 aromatic heterocycles. The van der Waals surface area contributed by atoms with E-state index in [0.717, 1.165) is 25.7 Å². The van der Waals surface area contributed by atoms with Crippen molar-refractivity contribution in [3.63, 3.8) is 0 Å². The van der Waals surface area contributed by atoms with Gasteiger partial charge in [0.2, 0.25) is 0 Å². The summed E-state index contributed by atoms with van der Waals surface area (Å²) in [5, 5.41) is 20.3. The van der Waals surface area contributed by atoms with Crippen molar-refractivity contribution in [1.82, 2.24) is 5.32 Å². The summed E-state index contributed by atoms with van der Waals surface area (Å²) in [6.45, 7) is 1.64. The number of hydrogen-bond acceptors (Lipinski definition) is 4. The van der Waals surface area contributed by atoms with Gasteiger partial charge in [0, 0.05) is 5.56 Å². The summed E-state index contributed by atoms with van der Waals surface area (Å²) in [7, 11) is 0. The number of nitrogens with one attached hydrogen (secondary N) is 1. The smallest absolute Gasteiger partial charge is 0.326 e. The Morgan fingerprint density at radius 3 is 2.41 bits per heavy atom. The van der Waals surface area contributed by atoms with Gasteiger partial charge in [0.05, 0.1) is 0 Å². The van der Waals surface area contributed by atoms with Gasteiger partial charge in [-0.15, -0.1) is 0 Å². The van der Waals surface area contributed by atoms with E-state index in [1.165, 1.54) is 12.1 Å². The van der Waals surface area contributed by atoms with E-state index in [0.29, 0.717) is 17.7 Å². The first-order valence-electron chi connectivity index (χ1n) is 7.45. The number of rotatable bonds is 10. The lowest BCUT2D eigenvalue weighted by Gasteiger charge is -2.14. The Bertz CT molecular complexity index is 472. The van der Waals surface area contributed by atoms with Gasteiger partial charge in [-0.25, -0.2) is 4.79 Å². The minimum absolute atomic E-state index is 0.352. The first-order valence-corrected chi connectivity index (χ1v) is 7.45. The molecule has 1 aromatic carbocycles. The molecular formula is C16H23NO5. The largest absolute Gasteiger partial charge is 0.480 e. The number of aliphatic carboxylic acids is 1. The maximum Gasteiger partial charge on any atom is 0.326 e. The molecule has 0 aliphatic rings. The highest BCUT2D eigenvalue weighted by molar-refractivity contribution is 5.96. The zero-order valence-corrected chi connectivity index (χ0v) is 12.7. The molecule has 0 spiro atoms. The molecule has 122 valence electrons. The fourth-order valence-corrected chi connectivity index (χ4v) is 2.05. The molecule has 6 heteroatoms. The quantitative estimate of drug-likeness (QED) is 0.455. The van der Waals surface area contributed by atoms with E-state index in [1.54, 1.807) is 12.1 Å². The van der Waals surface area contributed by atoms with Gasteiger partial charge in [0.25, 0.3) is 5.91 Å². The monoisotopic (exact) mass is 309 g/mol. The van der Waals surface area contributed by atoms with Gasteiger partial charge >= 0.3 is 5.97 Å². The molecule has 0 heterocycles. The summed E-state index contributed by atoms with van der Waals surface area (Å²) in [6.07, 6.45) is 4.30. The molecule has 0 fully saturated rings. The Labute approximate surface area is 130 Å². The van der Waals surface area contributed by atoms with Gasteiger partial charge in [-0.05, 0) is 30.7 Å². The molecule has 0 aliphatic heterocycles. The SMILES string of the molecule is CCCCCCC(NC(=O)c1ccc(OCO)cc1)C(=O)O. The van der Waals surface area contributed by atoms with Gasteiger partial charge < -0.3 is 20.3 Å². The standard InChI is InChI=1S/C16H23NO5/c1-2-3-4-5-6-14(16(20)21)17-15(19)12-7-9-13(10-8-12)22-11-18/h7-10,14,18H,2-6,11H2,1H3,(H,17,19)(H,20,21). The molecule has 0 radical (unpaired) electrons. The van der Waals surface area contributed by atoms with Crippen LogP contribution < -0.4 is 10.1 Å². The lowest BCUT2D eigenvalue weighted by Crippen LogP contribution is -2.40. The zero-order valence-electron chi connectivity index (χ0n) is 12.7. The van der Waals surface area contributed by atoms with E-state index in [4.69, 9.17) is 9.84 Å². The summed E-state index contributed by atoms with van der Waals surface area (Å²) in [6, 6.07) is 5.26. The summed E-state index contributed by atoms with van der Waals surface area (Å²) in [5.41, 5.74) is 0.352. The Balaban J connectivity index is 2.56. The first-order chi connectivity index (χ1) is 10.6. The Kier molecular flexibility index (Phi) is 7.99. The Hall–Kier alpha value is -2.08. The predicted octanol–water partition coefficient (Wildman–Crippen LogP) is 2.17. The molecule has 22 heavy (non-hydrogen) atoms. The average Bonchev–Trinajstić information content (AvgIpc) is 2.51. The number of carbonyl (C=O) groups excluding carboxylic acids is 1. The number of hydrogen-bond donors (Lipinski definition) is 3. The maximum atomic E-state index is 12.1. The molecule has 0 saturated heterocycles. The second kappa shape index (κ2) is 9.78. The van der Waals surface area contributed by atoms with Crippen LogP contribution in [-0.2, 0) is 4.79 Å². The summed E-state index contributed by atoms with van der Waals surface area (Å²) in [4.78, 5) is 23.3. The number of aliphatic hydroxyl groups excluding tert-OH is 1. The van der Waals surface area contributed by atoms with Crippen molar-refractivity contribution in [2.75, 3.05) is 6.79 Å². The number of benzene rings is 1. The molecule has 1 unspecified atom stereocenters. The normalized spacial score (nSPS) is 11.7. The van der Waals surface area contributed by atoms with Crippen LogP contribution in [0.15, 0.2) is 24.3 Å². The third-order valence-corrected chi connectivity index (χ3v) is 3.30. The third kappa shape index (κ3) is 6.13. The van der Waals surface area contributed by atoms with E-state index in [2.05, 4.69) is 12.2 Å². The number of carboxylic acids is 1. The lowest BCUT2D eigenvalue weighted by atomic mass is 10.1. The fourth-order valence-electron chi connectivity index (χ4n) is 2.05. The van der Waals surface area contributed by atoms with Gasteiger partial charge in [0.15, 0.2) is 6.79 Å². The highest BCUT2D eigenvalue weighted by atomic mass is 16.6. The van der Waals surface area contributed by atoms with Gasteiger partial charge in [-0.1, -0.05) is 32.6 Å². The Morgan fingerprint density at radius 1 is 1.18 bits per heavy atom. The van der Waals surface area contributed by atoms with Crippen LogP contribution >= 0.6 is 0 Å². The Morgan fingerprint density at radius 2 is 1.86 bits per heavy atom. The van der Waals surface area contributed by atoms with Crippen molar-refractivity contribution in [3.8, 4) is 5.75 Å². The molecule has 1 amide bonds. The highest BCUT2D eigenvalue weighted by Crippen LogP contribution is 2.12. The lowest BCUT2D eigenvalue weighted by molar-refractivity contribution is -0.139. The zero-order chi connectivity index (χ0) is 16.4. The minimum Gasteiger partial charge on any atom is -0.480 e. The van der Waals surface area contributed by atoms with Crippen LogP contribution in [0.1, 0.15) is 49.4 Å². The molecule has 1 aromatic rings. The van der Waals surface area contributed by atoms with Crippen molar-refractivity contribution < 1.29 is 24.5 Å². The fraction of sp³-hybridized carbons (Fsp3) is 0.500. The van der Waals surface area contributed by atoms with Gasteiger partial charge in [-0.3, -0.25) is 4.79 Å². The summed E-state index contributed by atoms with van der Waals surface area (Å²) >= 11 is 0. The summed E-state index contributed by atoms with van der Waals surface area (Å²) in [5.74, 6) is -1.02. The van der Waals surface area contributed by atoms with Crippen LogP contribution in [0.2, 0.25) is 0 Å². The van der Waals surface area contributed by atoms with E-state index in [9.17, 15) is 14.7 Å². The molecule has 3 N–H and O–H groups in total. The van der Waals surface area contributed by atoms with E-state index in [-0.39, 0.29) is 0 Å². The number of carboxylic acid groups (broad SMARTS) is 1. The van der Waals surface area contributed by atoms with Crippen molar-refractivity contribution in [3.05, 3.63) is 29.8 Å².